The van der Waals surface area contributed by atoms with Crippen LogP contribution >= 0.6 is 0 Å². The van der Waals surface area contributed by atoms with E-state index in [1.807, 2.05) is 0 Å². The molecule has 98 valence electrons. The van der Waals surface area contributed by atoms with Crippen molar-refractivity contribution in [3.63, 3.8) is 0 Å². The molecule has 0 heterocycles. The highest BCUT2D eigenvalue weighted by molar-refractivity contribution is 4.87. The molecular formula is C14H32N2. The molecule has 3 N–H and O–H groups in total. The average Bonchev–Trinajstić information content (AvgIpc) is 2.24. The van der Waals surface area contributed by atoms with Gasteiger partial charge >= 0.3 is 0 Å². The van der Waals surface area contributed by atoms with Gasteiger partial charge in [-0.05, 0) is 37.1 Å². The van der Waals surface area contributed by atoms with Crippen molar-refractivity contribution in [1.29, 1.82) is 0 Å². The SMILES string of the molecule is CCC(CC)(CN)NCC(C(C)C)C(C)C. The maximum atomic E-state index is 5.90. The highest BCUT2D eigenvalue weighted by Gasteiger charge is 2.26. The normalized spacial score (nSPS) is 13.1. The molecular weight excluding hydrogens is 196 g/mol. The van der Waals surface area contributed by atoms with Crippen LogP contribution in [-0.4, -0.2) is 18.6 Å². The second-order valence-corrected chi connectivity index (χ2v) is 5.72. The molecule has 0 fully saturated rings. The minimum Gasteiger partial charge on any atom is -0.329 e. The van der Waals surface area contributed by atoms with Crippen molar-refractivity contribution in [3.05, 3.63) is 0 Å². The third-order valence-corrected chi connectivity index (χ3v) is 4.17. The van der Waals surface area contributed by atoms with Crippen LogP contribution in [0.5, 0.6) is 0 Å². The van der Waals surface area contributed by atoms with Crippen LogP contribution in [0.4, 0.5) is 0 Å². The first kappa shape index (κ1) is 15.9. The molecule has 0 radical (unpaired) electrons. The summed E-state index contributed by atoms with van der Waals surface area (Å²) in [5.74, 6) is 2.21. The Morgan fingerprint density at radius 3 is 1.69 bits per heavy atom. The van der Waals surface area contributed by atoms with Crippen molar-refractivity contribution < 1.29 is 0 Å². The van der Waals surface area contributed by atoms with Gasteiger partial charge in [0.15, 0.2) is 0 Å². The second-order valence-electron chi connectivity index (χ2n) is 5.72. The van der Waals surface area contributed by atoms with E-state index < -0.39 is 0 Å². The molecule has 0 spiro atoms. The van der Waals surface area contributed by atoms with Crippen LogP contribution in [-0.2, 0) is 0 Å². The molecule has 0 atom stereocenters. The fourth-order valence-electron chi connectivity index (χ4n) is 2.44. The van der Waals surface area contributed by atoms with E-state index in [0.717, 1.165) is 43.7 Å². The van der Waals surface area contributed by atoms with Gasteiger partial charge in [0.05, 0.1) is 0 Å². The molecule has 0 unspecified atom stereocenters. The summed E-state index contributed by atoms with van der Waals surface area (Å²) in [4.78, 5) is 0. The molecule has 0 aromatic heterocycles. The first-order chi connectivity index (χ1) is 7.42. The van der Waals surface area contributed by atoms with E-state index in [0.29, 0.717) is 0 Å². The summed E-state index contributed by atoms with van der Waals surface area (Å²) < 4.78 is 0. The third-order valence-electron chi connectivity index (χ3n) is 4.17. The van der Waals surface area contributed by atoms with Crippen molar-refractivity contribution >= 4 is 0 Å². The van der Waals surface area contributed by atoms with Gasteiger partial charge in [0.1, 0.15) is 0 Å². The average molecular weight is 228 g/mol. The minimum absolute atomic E-state index is 0.155. The highest BCUT2D eigenvalue weighted by atomic mass is 15.0. The van der Waals surface area contributed by atoms with Crippen molar-refractivity contribution in [1.82, 2.24) is 5.32 Å². The Morgan fingerprint density at radius 1 is 1.00 bits per heavy atom. The van der Waals surface area contributed by atoms with Crippen molar-refractivity contribution in [2.45, 2.75) is 59.9 Å². The number of hydrogen-bond donors (Lipinski definition) is 2. The Kier molecular flexibility index (Phi) is 7.25. The molecule has 0 aliphatic carbocycles. The van der Waals surface area contributed by atoms with Crippen LogP contribution in [0.2, 0.25) is 0 Å². The van der Waals surface area contributed by atoms with Crippen LogP contribution in [0, 0.1) is 17.8 Å². The molecule has 0 aromatic carbocycles. The van der Waals surface area contributed by atoms with Crippen LogP contribution in [0.3, 0.4) is 0 Å². The molecule has 0 aromatic rings. The lowest BCUT2D eigenvalue weighted by Gasteiger charge is -2.35. The highest BCUT2D eigenvalue weighted by Crippen LogP contribution is 2.22. The zero-order valence-corrected chi connectivity index (χ0v) is 12.1. The van der Waals surface area contributed by atoms with E-state index in [1.54, 1.807) is 0 Å². The van der Waals surface area contributed by atoms with Gasteiger partial charge < -0.3 is 11.1 Å². The topological polar surface area (TPSA) is 38.0 Å². The predicted molar refractivity (Wildman–Crippen MR) is 73.5 cm³/mol. The summed E-state index contributed by atoms with van der Waals surface area (Å²) in [5.41, 5.74) is 6.06. The fraction of sp³-hybridized carbons (Fsp3) is 1.00. The Bertz CT molecular complexity index is 155. The number of rotatable bonds is 8. The Labute approximate surface area is 102 Å². The monoisotopic (exact) mass is 228 g/mol. The van der Waals surface area contributed by atoms with E-state index in [-0.39, 0.29) is 5.54 Å². The summed E-state index contributed by atoms with van der Waals surface area (Å²) in [6, 6.07) is 0. The third kappa shape index (κ3) is 4.42. The van der Waals surface area contributed by atoms with Gasteiger partial charge in [-0.2, -0.15) is 0 Å². The van der Waals surface area contributed by atoms with Gasteiger partial charge in [-0.3, -0.25) is 0 Å². The standard InChI is InChI=1S/C14H32N2/c1-7-14(8-2,10-15)16-9-13(11(3)4)12(5)6/h11-13,16H,7-10,15H2,1-6H3. The maximum absolute atomic E-state index is 5.90. The van der Waals surface area contributed by atoms with E-state index in [4.69, 9.17) is 5.73 Å². The first-order valence-corrected chi connectivity index (χ1v) is 6.87. The number of nitrogens with one attached hydrogen (secondary N) is 1. The lowest BCUT2D eigenvalue weighted by Crippen LogP contribution is -2.52. The molecule has 16 heavy (non-hydrogen) atoms. The summed E-state index contributed by atoms with van der Waals surface area (Å²) in [6.07, 6.45) is 2.23. The quantitative estimate of drug-likeness (QED) is 0.670. The largest absolute Gasteiger partial charge is 0.329 e. The maximum Gasteiger partial charge on any atom is 0.0298 e. The molecule has 0 rings (SSSR count). The Morgan fingerprint density at radius 2 is 1.44 bits per heavy atom. The van der Waals surface area contributed by atoms with Gasteiger partial charge in [-0.15, -0.1) is 0 Å². The molecule has 2 heteroatoms. The second kappa shape index (κ2) is 7.29. The van der Waals surface area contributed by atoms with Gasteiger partial charge in [0.2, 0.25) is 0 Å². The van der Waals surface area contributed by atoms with Crippen LogP contribution in [0.25, 0.3) is 0 Å². The van der Waals surface area contributed by atoms with Gasteiger partial charge in [-0.1, -0.05) is 41.5 Å². The van der Waals surface area contributed by atoms with Gasteiger partial charge in [-0.25, -0.2) is 0 Å². The minimum atomic E-state index is 0.155. The van der Waals surface area contributed by atoms with Crippen molar-refractivity contribution in [2.75, 3.05) is 13.1 Å². The van der Waals surface area contributed by atoms with E-state index >= 15 is 0 Å². The van der Waals surface area contributed by atoms with Crippen LogP contribution < -0.4 is 11.1 Å². The summed E-state index contributed by atoms with van der Waals surface area (Å²) in [7, 11) is 0. The summed E-state index contributed by atoms with van der Waals surface area (Å²) in [6.45, 7) is 15.5. The van der Waals surface area contributed by atoms with Crippen molar-refractivity contribution in [3.8, 4) is 0 Å². The lowest BCUT2D eigenvalue weighted by atomic mass is 9.84. The fourth-order valence-corrected chi connectivity index (χ4v) is 2.44. The van der Waals surface area contributed by atoms with Gasteiger partial charge in [0, 0.05) is 12.1 Å². The van der Waals surface area contributed by atoms with Crippen LogP contribution in [0.15, 0.2) is 0 Å². The molecule has 0 saturated heterocycles. The molecule has 0 amide bonds. The smallest absolute Gasteiger partial charge is 0.0298 e. The number of hydrogen-bond acceptors (Lipinski definition) is 2. The Balaban J connectivity index is 4.37. The lowest BCUT2D eigenvalue weighted by molar-refractivity contribution is 0.222. The van der Waals surface area contributed by atoms with Crippen LogP contribution in [0.1, 0.15) is 54.4 Å². The van der Waals surface area contributed by atoms with E-state index in [1.165, 1.54) is 0 Å². The molecule has 0 bridgehead atoms. The zero-order chi connectivity index (χ0) is 12.8. The van der Waals surface area contributed by atoms with E-state index in [2.05, 4.69) is 46.9 Å². The first-order valence-electron chi connectivity index (χ1n) is 6.87. The predicted octanol–water partition coefficient (Wildman–Crippen LogP) is 3.02. The number of nitrogens with two attached hydrogens (primary N) is 1. The molecule has 0 saturated carbocycles. The molecule has 2 nitrogen and oxygen atoms in total. The molecule has 0 aliphatic heterocycles. The summed E-state index contributed by atoms with van der Waals surface area (Å²) >= 11 is 0. The summed E-state index contributed by atoms with van der Waals surface area (Å²) in [5, 5.41) is 3.72. The molecule has 0 aliphatic rings. The van der Waals surface area contributed by atoms with E-state index in [9.17, 15) is 0 Å². The zero-order valence-electron chi connectivity index (χ0n) is 12.1. The van der Waals surface area contributed by atoms with Crippen molar-refractivity contribution in [2.24, 2.45) is 23.5 Å². The Hall–Kier alpha value is -0.0800. The van der Waals surface area contributed by atoms with Gasteiger partial charge in [0.25, 0.3) is 0 Å².